The summed E-state index contributed by atoms with van der Waals surface area (Å²) in [6.45, 7) is 0. The van der Waals surface area contributed by atoms with E-state index < -0.39 is 15.8 Å². The van der Waals surface area contributed by atoms with Gasteiger partial charge in [-0.25, -0.2) is 22.9 Å². The molecule has 0 fully saturated rings. The standard InChI is InChI=1S/C19H15FN6O2S/c20-16-11-23-19(25-13-4-1-5-15(10-13)29(21,27)28)26-18(16)24-14-6-7-17-12(9-14)3-2-8-22-17/h1-11H,(H2,21,27,28)(H2,23,24,25,26). The van der Waals surface area contributed by atoms with Crippen LogP contribution in [0.4, 0.5) is 27.5 Å². The van der Waals surface area contributed by atoms with Gasteiger partial charge in [-0.15, -0.1) is 0 Å². The molecule has 10 heteroatoms. The fourth-order valence-corrected chi connectivity index (χ4v) is 3.24. The van der Waals surface area contributed by atoms with Gasteiger partial charge in [0.15, 0.2) is 11.6 Å². The maximum absolute atomic E-state index is 14.2. The monoisotopic (exact) mass is 410 g/mol. The summed E-state index contributed by atoms with van der Waals surface area (Å²) in [7, 11) is -3.85. The van der Waals surface area contributed by atoms with E-state index in [0.717, 1.165) is 17.1 Å². The van der Waals surface area contributed by atoms with Gasteiger partial charge in [0.25, 0.3) is 0 Å². The predicted molar refractivity (Wildman–Crippen MR) is 108 cm³/mol. The first-order valence-electron chi connectivity index (χ1n) is 8.43. The molecule has 4 N–H and O–H groups in total. The summed E-state index contributed by atoms with van der Waals surface area (Å²) < 4.78 is 37.2. The number of fused-ring (bicyclic) bond motifs is 1. The molecule has 2 aromatic heterocycles. The van der Waals surface area contributed by atoms with Crippen LogP contribution in [0.5, 0.6) is 0 Å². The number of nitrogens with zero attached hydrogens (tertiary/aromatic N) is 3. The highest BCUT2D eigenvalue weighted by Crippen LogP contribution is 2.23. The Labute approximate surface area is 165 Å². The average molecular weight is 410 g/mol. The van der Waals surface area contributed by atoms with Crippen LogP contribution in [-0.4, -0.2) is 23.4 Å². The molecule has 0 atom stereocenters. The highest BCUT2D eigenvalue weighted by Gasteiger charge is 2.11. The van der Waals surface area contributed by atoms with Gasteiger partial charge in [0.2, 0.25) is 16.0 Å². The third-order valence-electron chi connectivity index (χ3n) is 4.03. The van der Waals surface area contributed by atoms with Crippen molar-refractivity contribution in [1.29, 1.82) is 0 Å². The van der Waals surface area contributed by atoms with Crippen molar-refractivity contribution in [2.45, 2.75) is 4.90 Å². The summed E-state index contributed by atoms with van der Waals surface area (Å²) in [5.74, 6) is -0.587. The number of primary sulfonamides is 1. The van der Waals surface area contributed by atoms with E-state index in [1.807, 2.05) is 24.3 Å². The summed E-state index contributed by atoms with van der Waals surface area (Å²) >= 11 is 0. The number of sulfonamides is 1. The summed E-state index contributed by atoms with van der Waals surface area (Å²) in [6, 6.07) is 15.0. The second-order valence-corrected chi connectivity index (χ2v) is 7.69. The highest BCUT2D eigenvalue weighted by molar-refractivity contribution is 7.89. The van der Waals surface area contributed by atoms with Gasteiger partial charge in [-0.1, -0.05) is 12.1 Å². The third kappa shape index (κ3) is 4.28. The lowest BCUT2D eigenvalue weighted by molar-refractivity contribution is 0.598. The largest absolute Gasteiger partial charge is 0.338 e. The normalized spacial score (nSPS) is 11.4. The van der Waals surface area contributed by atoms with E-state index >= 15 is 0 Å². The Morgan fingerprint density at radius 2 is 1.76 bits per heavy atom. The number of rotatable bonds is 5. The Kier molecular flexibility index (Phi) is 4.79. The zero-order chi connectivity index (χ0) is 20.4. The van der Waals surface area contributed by atoms with Crippen LogP contribution in [0.15, 0.2) is 71.9 Å². The molecule has 0 aliphatic rings. The van der Waals surface area contributed by atoms with Crippen molar-refractivity contribution in [2.24, 2.45) is 5.14 Å². The van der Waals surface area contributed by atoms with Crippen molar-refractivity contribution in [3.8, 4) is 0 Å². The number of benzene rings is 2. The second-order valence-electron chi connectivity index (χ2n) is 6.12. The minimum absolute atomic E-state index is 0.0339. The van der Waals surface area contributed by atoms with Crippen molar-refractivity contribution in [2.75, 3.05) is 10.6 Å². The molecule has 0 aliphatic carbocycles. The van der Waals surface area contributed by atoms with Crippen LogP contribution >= 0.6 is 0 Å². The number of nitrogens with two attached hydrogens (primary N) is 1. The SMILES string of the molecule is NS(=O)(=O)c1cccc(Nc2ncc(F)c(Nc3ccc4ncccc4c3)n2)c1. The molecule has 29 heavy (non-hydrogen) atoms. The third-order valence-corrected chi connectivity index (χ3v) is 4.94. The zero-order valence-corrected chi connectivity index (χ0v) is 15.7. The van der Waals surface area contributed by atoms with Crippen LogP contribution in [0.25, 0.3) is 10.9 Å². The molecule has 0 amide bonds. The Morgan fingerprint density at radius 3 is 2.59 bits per heavy atom. The number of hydrogen-bond donors (Lipinski definition) is 3. The van der Waals surface area contributed by atoms with Gasteiger partial charge in [0.1, 0.15) is 0 Å². The van der Waals surface area contributed by atoms with Gasteiger partial charge in [-0.3, -0.25) is 4.98 Å². The Bertz CT molecular complexity index is 1310. The minimum Gasteiger partial charge on any atom is -0.338 e. The Balaban J connectivity index is 1.60. The first kappa shape index (κ1) is 18.7. The van der Waals surface area contributed by atoms with E-state index in [9.17, 15) is 12.8 Å². The number of anilines is 4. The molecule has 0 unspecified atom stereocenters. The molecule has 0 radical (unpaired) electrons. The fraction of sp³-hybridized carbons (Fsp3) is 0. The minimum atomic E-state index is -3.85. The molecule has 4 rings (SSSR count). The van der Waals surface area contributed by atoms with Gasteiger partial charge in [-0.05, 0) is 42.5 Å². The first-order valence-corrected chi connectivity index (χ1v) is 9.97. The van der Waals surface area contributed by atoms with Gasteiger partial charge < -0.3 is 10.6 Å². The van der Waals surface area contributed by atoms with Crippen LogP contribution in [0.3, 0.4) is 0 Å². The van der Waals surface area contributed by atoms with E-state index in [0.29, 0.717) is 11.4 Å². The Hall–Kier alpha value is -3.63. The Morgan fingerprint density at radius 1 is 0.931 bits per heavy atom. The molecule has 2 heterocycles. The average Bonchev–Trinajstić information content (AvgIpc) is 2.70. The van der Waals surface area contributed by atoms with E-state index in [2.05, 4.69) is 25.6 Å². The van der Waals surface area contributed by atoms with Crippen molar-refractivity contribution < 1.29 is 12.8 Å². The summed E-state index contributed by atoms with van der Waals surface area (Å²) in [4.78, 5) is 12.2. The number of nitrogens with one attached hydrogen (secondary N) is 2. The van der Waals surface area contributed by atoms with E-state index in [-0.39, 0.29) is 16.7 Å². The van der Waals surface area contributed by atoms with Crippen LogP contribution in [-0.2, 0) is 10.0 Å². The van der Waals surface area contributed by atoms with Gasteiger partial charge in [0, 0.05) is 23.0 Å². The van der Waals surface area contributed by atoms with E-state index in [1.54, 1.807) is 18.3 Å². The van der Waals surface area contributed by atoms with Gasteiger partial charge in [0.05, 0.1) is 16.6 Å². The maximum Gasteiger partial charge on any atom is 0.238 e. The molecule has 0 saturated carbocycles. The molecule has 0 spiro atoms. The van der Waals surface area contributed by atoms with E-state index in [1.165, 1.54) is 18.2 Å². The number of halogens is 1. The number of aromatic nitrogens is 3. The lowest BCUT2D eigenvalue weighted by atomic mass is 10.2. The fourth-order valence-electron chi connectivity index (χ4n) is 2.69. The first-order chi connectivity index (χ1) is 13.9. The van der Waals surface area contributed by atoms with E-state index in [4.69, 9.17) is 5.14 Å². The molecule has 8 nitrogen and oxygen atoms in total. The van der Waals surface area contributed by atoms with Crippen molar-refractivity contribution in [3.63, 3.8) is 0 Å². The topological polar surface area (TPSA) is 123 Å². The van der Waals surface area contributed by atoms with Crippen molar-refractivity contribution in [1.82, 2.24) is 15.0 Å². The summed E-state index contributed by atoms with van der Waals surface area (Å²) in [5, 5.41) is 11.8. The maximum atomic E-state index is 14.2. The zero-order valence-electron chi connectivity index (χ0n) is 14.9. The lowest BCUT2D eigenvalue weighted by Crippen LogP contribution is -2.12. The molecule has 4 aromatic rings. The van der Waals surface area contributed by atoms with Crippen LogP contribution in [0.1, 0.15) is 0 Å². The predicted octanol–water partition coefficient (Wildman–Crippen LogP) is 3.30. The second kappa shape index (κ2) is 7.41. The number of hydrogen-bond acceptors (Lipinski definition) is 7. The van der Waals surface area contributed by atoms with Crippen LogP contribution in [0, 0.1) is 5.82 Å². The molecule has 0 saturated heterocycles. The van der Waals surface area contributed by atoms with Gasteiger partial charge in [-0.2, -0.15) is 4.98 Å². The van der Waals surface area contributed by atoms with Crippen molar-refractivity contribution >= 4 is 44.1 Å². The molecule has 2 aromatic carbocycles. The quantitative estimate of drug-likeness (QED) is 0.461. The summed E-state index contributed by atoms with van der Waals surface area (Å²) in [6.07, 6.45) is 2.71. The number of pyridine rings is 1. The highest BCUT2D eigenvalue weighted by atomic mass is 32.2. The summed E-state index contributed by atoms with van der Waals surface area (Å²) in [5.41, 5.74) is 1.84. The van der Waals surface area contributed by atoms with Crippen LogP contribution in [0.2, 0.25) is 0 Å². The lowest BCUT2D eigenvalue weighted by Gasteiger charge is -2.10. The van der Waals surface area contributed by atoms with Gasteiger partial charge >= 0.3 is 0 Å². The molecular weight excluding hydrogens is 395 g/mol. The molecule has 146 valence electrons. The van der Waals surface area contributed by atoms with Crippen LogP contribution < -0.4 is 15.8 Å². The molecule has 0 aliphatic heterocycles. The molecular formula is C19H15FN6O2S. The molecule has 0 bridgehead atoms. The van der Waals surface area contributed by atoms with Crippen molar-refractivity contribution in [3.05, 3.63) is 72.8 Å². The smallest absolute Gasteiger partial charge is 0.238 e.